The lowest BCUT2D eigenvalue weighted by atomic mass is 10.1. The molecule has 2 aromatic rings. The van der Waals surface area contributed by atoms with Gasteiger partial charge in [0.05, 0.1) is 29.8 Å². The highest BCUT2D eigenvalue weighted by Crippen LogP contribution is 2.41. The zero-order chi connectivity index (χ0) is 23.4. The van der Waals surface area contributed by atoms with Crippen molar-refractivity contribution in [2.45, 2.75) is 13.8 Å². The monoisotopic (exact) mass is 538 g/mol. The summed E-state index contributed by atoms with van der Waals surface area (Å²) < 4.78 is 16.7. The number of halogens is 2. The van der Waals surface area contributed by atoms with Crippen LogP contribution in [0.2, 0.25) is 5.02 Å². The number of amides is 1. The number of esters is 1. The summed E-state index contributed by atoms with van der Waals surface area (Å²) in [4.78, 5) is 31.1. The van der Waals surface area contributed by atoms with Gasteiger partial charge in [-0.05, 0) is 76.6 Å². The molecule has 0 bridgehead atoms. The van der Waals surface area contributed by atoms with Crippen LogP contribution >= 0.6 is 39.3 Å². The molecule has 0 aromatic heterocycles. The van der Waals surface area contributed by atoms with Crippen molar-refractivity contribution >= 4 is 68.1 Å². The Morgan fingerprint density at radius 2 is 1.88 bits per heavy atom. The summed E-state index contributed by atoms with van der Waals surface area (Å²) in [5.74, 6) is 0.142. The van der Waals surface area contributed by atoms with Crippen molar-refractivity contribution in [1.82, 2.24) is 4.90 Å². The van der Waals surface area contributed by atoms with Gasteiger partial charge < -0.3 is 14.2 Å². The van der Waals surface area contributed by atoms with Crippen LogP contribution < -0.4 is 14.2 Å². The number of hydrogen-bond donors (Lipinski definition) is 0. The van der Waals surface area contributed by atoms with E-state index in [1.54, 1.807) is 35.2 Å². The molecule has 1 saturated heterocycles. The molecule has 1 heterocycles. The third kappa shape index (κ3) is 5.28. The normalized spacial score (nSPS) is 16.1. The zero-order valence-electron chi connectivity index (χ0n) is 17.8. The molecule has 32 heavy (non-hydrogen) atoms. The SMILES string of the molecule is CCN1C(=O)/C(=C\c2cc(OC)c(OC(C)=O)c(OC)c2)SC1=Nc1ccc(Br)c(Cl)c1. The van der Waals surface area contributed by atoms with Crippen LogP contribution in [0.1, 0.15) is 19.4 Å². The smallest absolute Gasteiger partial charge is 0.308 e. The van der Waals surface area contributed by atoms with Crippen LogP contribution in [0.3, 0.4) is 0 Å². The number of carbonyl (C=O) groups excluding carboxylic acids is 2. The van der Waals surface area contributed by atoms with Gasteiger partial charge in [-0.2, -0.15) is 0 Å². The first-order chi connectivity index (χ1) is 15.3. The van der Waals surface area contributed by atoms with Gasteiger partial charge in [0.15, 0.2) is 16.7 Å². The van der Waals surface area contributed by atoms with Crippen LogP contribution in [0.5, 0.6) is 17.2 Å². The summed E-state index contributed by atoms with van der Waals surface area (Å²) in [6, 6.07) is 8.68. The zero-order valence-corrected chi connectivity index (χ0v) is 20.9. The molecule has 1 fully saturated rings. The van der Waals surface area contributed by atoms with Gasteiger partial charge in [-0.3, -0.25) is 14.5 Å². The molecule has 1 amide bonds. The fourth-order valence-corrected chi connectivity index (χ4v) is 4.40. The number of likely N-dealkylation sites (N-methyl/N-ethyl adjacent to an activating group) is 1. The summed E-state index contributed by atoms with van der Waals surface area (Å²) >= 11 is 10.8. The fraction of sp³-hybridized carbons (Fsp3) is 0.227. The maximum atomic E-state index is 13.0. The molecule has 0 N–H and O–H groups in total. The van der Waals surface area contributed by atoms with Gasteiger partial charge >= 0.3 is 5.97 Å². The Balaban J connectivity index is 1.99. The van der Waals surface area contributed by atoms with Crippen LogP contribution in [-0.4, -0.2) is 42.7 Å². The number of thioether (sulfide) groups is 1. The van der Waals surface area contributed by atoms with Gasteiger partial charge in [0, 0.05) is 17.9 Å². The minimum Gasteiger partial charge on any atom is -0.493 e. The second-order valence-electron chi connectivity index (χ2n) is 6.50. The van der Waals surface area contributed by atoms with Crippen LogP contribution in [0, 0.1) is 0 Å². The minimum atomic E-state index is -0.498. The highest BCUT2D eigenvalue weighted by Gasteiger charge is 2.32. The van der Waals surface area contributed by atoms with E-state index in [2.05, 4.69) is 20.9 Å². The third-order valence-electron chi connectivity index (χ3n) is 4.36. The molecule has 7 nitrogen and oxygen atoms in total. The van der Waals surface area contributed by atoms with E-state index >= 15 is 0 Å². The average Bonchev–Trinajstić information content (AvgIpc) is 3.04. The van der Waals surface area contributed by atoms with Gasteiger partial charge in [0.2, 0.25) is 5.75 Å². The van der Waals surface area contributed by atoms with Crippen molar-refractivity contribution in [2.24, 2.45) is 4.99 Å². The first kappa shape index (κ1) is 24.2. The van der Waals surface area contributed by atoms with E-state index in [0.29, 0.717) is 44.4 Å². The molecule has 10 heteroatoms. The Hall–Kier alpha value is -2.49. The summed E-state index contributed by atoms with van der Waals surface area (Å²) in [5, 5.41) is 1.09. The molecule has 2 aromatic carbocycles. The van der Waals surface area contributed by atoms with Crippen molar-refractivity contribution in [3.63, 3.8) is 0 Å². The molecular formula is C22H20BrClN2O5S. The standard InChI is InChI=1S/C22H20BrClN2O5S/c1-5-26-21(28)19(32-22(26)25-14-6-7-15(23)16(24)11-14)10-13-8-17(29-3)20(31-12(2)27)18(9-13)30-4/h6-11H,5H2,1-4H3/b19-10+,25-22?. The lowest BCUT2D eigenvalue weighted by Gasteiger charge is -2.13. The highest BCUT2D eigenvalue weighted by atomic mass is 79.9. The quantitative estimate of drug-likeness (QED) is 0.267. The van der Waals surface area contributed by atoms with E-state index in [-0.39, 0.29) is 11.7 Å². The number of rotatable bonds is 6. The molecule has 0 unspecified atom stereocenters. The highest BCUT2D eigenvalue weighted by molar-refractivity contribution is 9.10. The lowest BCUT2D eigenvalue weighted by Crippen LogP contribution is -2.28. The summed E-state index contributed by atoms with van der Waals surface area (Å²) in [7, 11) is 2.92. The Bertz CT molecular complexity index is 1110. The molecule has 0 saturated carbocycles. The van der Waals surface area contributed by atoms with Crippen LogP contribution in [0.25, 0.3) is 6.08 Å². The summed E-state index contributed by atoms with van der Waals surface area (Å²) in [6.45, 7) is 3.64. The maximum absolute atomic E-state index is 13.0. The molecule has 3 rings (SSSR count). The van der Waals surface area contributed by atoms with Crippen molar-refractivity contribution in [3.05, 3.63) is 50.3 Å². The van der Waals surface area contributed by atoms with E-state index < -0.39 is 5.97 Å². The van der Waals surface area contributed by atoms with Crippen LogP contribution in [0.4, 0.5) is 5.69 Å². The molecule has 0 spiro atoms. The first-order valence-electron chi connectivity index (χ1n) is 9.47. The van der Waals surface area contributed by atoms with Gasteiger partial charge in [-0.15, -0.1) is 0 Å². The van der Waals surface area contributed by atoms with Crippen LogP contribution in [0.15, 0.2) is 44.7 Å². The number of nitrogens with zero attached hydrogens (tertiary/aromatic N) is 2. The average molecular weight is 540 g/mol. The number of methoxy groups -OCH3 is 2. The number of hydrogen-bond acceptors (Lipinski definition) is 7. The molecule has 1 aliphatic heterocycles. The third-order valence-corrected chi connectivity index (χ3v) is 6.60. The predicted octanol–water partition coefficient (Wildman–Crippen LogP) is 5.67. The van der Waals surface area contributed by atoms with E-state index in [4.69, 9.17) is 25.8 Å². The number of aliphatic imine (C=N–C) groups is 1. The summed E-state index contributed by atoms with van der Waals surface area (Å²) in [5.41, 5.74) is 1.29. The molecule has 0 atom stereocenters. The fourth-order valence-electron chi connectivity index (χ4n) is 2.91. The minimum absolute atomic E-state index is 0.165. The number of ether oxygens (including phenoxy) is 3. The second-order valence-corrected chi connectivity index (χ2v) is 8.77. The molecular weight excluding hydrogens is 520 g/mol. The van der Waals surface area contributed by atoms with Crippen molar-refractivity contribution in [2.75, 3.05) is 20.8 Å². The van der Waals surface area contributed by atoms with Gasteiger partial charge in [-0.25, -0.2) is 4.99 Å². The molecule has 0 aliphatic carbocycles. The number of amidine groups is 1. The Labute approximate surface area is 203 Å². The summed E-state index contributed by atoms with van der Waals surface area (Å²) in [6.07, 6.45) is 1.72. The lowest BCUT2D eigenvalue weighted by molar-refractivity contribution is -0.132. The predicted molar refractivity (Wildman–Crippen MR) is 130 cm³/mol. The Morgan fingerprint density at radius 3 is 2.41 bits per heavy atom. The first-order valence-corrected chi connectivity index (χ1v) is 11.5. The number of benzene rings is 2. The largest absolute Gasteiger partial charge is 0.493 e. The maximum Gasteiger partial charge on any atom is 0.308 e. The van der Waals surface area contributed by atoms with Crippen LogP contribution in [-0.2, 0) is 9.59 Å². The van der Waals surface area contributed by atoms with Crippen molar-refractivity contribution in [3.8, 4) is 17.2 Å². The van der Waals surface area contributed by atoms with Gasteiger partial charge in [0.25, 0.3) is 5.91 Å². The van der Waals surface area contributed by atoms with E-state index in [1.165, 1.54) is 32.9 Å². The van der Waals surface area contributed by atoms with E-state index in [1.807, 2.05) is 13.0 Å². The molecule has 1 aliphatic rings. The Morgan fingerprint density at radius 1 is 1.22 bits per heavy atom. The number of carbonyl (C=O) groups is 2. The van der Waals surface area contributed by atoms with Gasteiger partial charge in [-0.1, -0.05) is 11.6 Å². The second kappa shape index (κ2) is 10.4. The van der Waals surface area contributed by atoms with Crippen molar-refractivity contribution < 1.29 is 23.8 Å². The van der Waals surface area contributed by atoms with Gasteiger partial charge in [0.1, 0.15) is 0 Å². The molecule has 0 radical (unpaired) electrons. The van der Waals surface area contributed by atoms with E-state index in [0.717, 1.165) is 4.47 Å². The topological polar surface area (TPSA) is 77.4 Å². The molecule has 168 valence electrons. The van der Waals surface area contributed by atoms with Crippen molar-refractivity contribution in [1.29, 1.82) is 0 Å². The Kier molecular flexibility index (Phi) is 7.86. The van der Waals surface area contributed by atoms with E-state index in [9.17, 15) is 9.59 Å².